The number of hydrogen-bond donors (Lipinski definition) is 1. The second-order valence-corrected chi connectivity index (χ2v) is 7.73. The van der Waals surface area contributed by atoms with E-state index in [1.54, 1.807) is 12.1 Å². The normalized spacial score (nSPS) is 15.2. The highest BCUT2D eigenvalue weighted by Gasteiger charge is 2.21. The van der Waals surface area contributed by atoms with E-state index in [4.69, 9.17) is 4.74 Å². The minimum Gasteiger partial charge on any atom is -0.466 e. The van der Waals surface area contributed by atoms with Crippen LogP contribution in [0, 0.1) is 0 Å². The topological polar surface area (TPSA) is 111 Å². The van der Waals surface area contributed by atoms with Gasteiger partial charge < -0.3 is 24.4 Å². The molecule has 1 aliphatic heterocycles. The van der Waals surface area contributed by atoms with Crippen molar-refractivity contribution in [2.24, 2.45) is 0 Å². The lowest BCUT2D eigenvalue weighted by Gasteiger charge is -2.29. The average Bonchev–Trinajstić information content (AvgIpc) is 2.66. The summed E-state index contributed by atoms with van der Waals surface area (Å²) in [7, 11) is -1.28. The van der Waals surface area contributed by atoms with E-state index < -0.39 is 21.8 Å². The lowest BCUT2D eigenvalue weighted by molar-refractivity contribution is -0.138. The molecule has 1 aromatic carbocycles. The van der Waals surface area contributed by atoms with Gasteiger partial charge in [0.25, 0.3) is 0 Å². The summed E-state index contributed by atoms with van der Waals surface area (Å²) in [6, 6.07) is 4.75. The van der Waals surface area contributed by atoms with Gasteiger partial charge in [-0.3, -0.25) is 0 Å². The summed E-state index contributed by atoms with van der Waals surface area (Å²) in [5, 5.41) is 2.70. The van der Waals surface area contributed by atoms with Crippen LogP contribution in [-0.2, 0) is 33.6 Å². The average molecular weight is 398 g/mol. The molecule has 0 saturated carbocycles. The second kappa shape index (κ2) is 8.87. The fourth-order valence-electron chi connectivity index (χ4n) is 2.54. The third-order valence-corrected chi connectivity index (χ3v) is 5.03. The predicted molar refractivity (Wildman–Crippen MR) is 98.3 cm³/mol. The summed E-state index contributed by atoms with van der Waals surface area (Å²) < 4.78 is 38.8. The third kappa shape index (κ3) is 5.44. The van der Waals surface area contributed by atoms with Crippen molar-refractivity contribution in [3.63, 3.8) is 0 Å². The Labute approximate surface area is 157 Å². The number of benzene rings is 1. The van der Waals surface area contributed by atoms with Gasteiger partial charge in [-0.15, -0.1) is 0 Å². The van der Waals surface area contributed by atoms with Crippen LogP contribution in [-0.4, -0.2) is 67.1 Å². The number of esters is 2. The zero-order valence-corrected chi connectivity index (χ0v) is 16.2. The van der Waals surface area contributed by atoms with Crippen LogP contribution >= 0.6 is 0 Å². The van der Waals surface area contributed by atoms with Crippen LogP contribution in [0.2, 0.25) is 0 Å². The molecule has 27 heavy (non-hydrogen) atoms. The maximum absolute atomic E-state index is 12.1. The van der Waals surface area contributed by atoms with Crippen LogP contribution in [0.5, 0.6) is 0 Å². The molecule has 2 rings (SSSR count). The molecule has 0 spiro atoms. The van der Waals surface area contributed by atoms with Crippen LogP contribution < -0.4 is 10.2 Å². The SMILES string of the molecule is COC(=O)/C=C(/Nc1cc(N2CCOCC2)ccc1S(C)(=O)=O)C(=O)OC. The number of carbonyl (C=O) groups excluding carboxylic acids is 2. The lowest BCUT2D eigenvalue weighted by Crippen LogP contribution is -2.36. The number of rotatable bonds is 6. The molecule has 1 N–H and O–H groups in total. The van der Waals surface area contributed by atoms with E-state index in [1.807, 2.05) is 4.90 Å². The summed E-state index contributed by atoms with van der Waals surface area (Å²) >= 11 is 0. The highest BCUT2D eigenvalue weighted by atomic mass is 32.2. The van der Waals surface area contributed by atoms with E-state index in [-0.39, 0.29) is 16.3 Å². The van der Waals surface area contributed by atoms with Gasteiger partial charge in [0.1, 0.15) is 5.70 Å². The van der Waals surface area contributed by atoms with Crippen LogP contribution in [0.15, 0.2) is 34.9 Å². The maximum atomic E-state index is 12.1. The second-order valence-electron chi connectivity index (χ2n) is 5.75. The summed E-state index contributed by atoms with van der Waals surface area (Å²) in [4.78, 5) is 25.5. The van der Waals surface area contributed by atoms with Crippen molar-refractivity contribution in [1.29, 1.82) is 0 Å². The van der Waals surface area contributed by atoms with Crippen molar-refractivity contribution in [1.82, 2.24) is 0 Å². The van der Waals surface area contributed by atoms with Gasteiger partial charge >= 0.3 is 11.9 Å². The third-order valence-electron chi connectivity index (χ3n) is 3.88. The number of morpholine rings is 1. The first-order valence-corrected chi connectivity index (χ1v) is 9.97. The van der Waals surface area contributed by atoms with Gasteiger partial charge in [0.2, 0.25) is 0 Å². The molecule has 1 aromatic rings. The molecular weight excluding hydrogens is 376 g/mol. The van der Waals surface area contributed by atoms with Crippen LogP contribution in [0.3, 0.4) is 0 Å². The maximum Gasteiger partial charge on any atom is 0.354 e. The molecule has 0 aromatic heterocycles. The molecule has 0 unspecified atom stereocenters. The standard InChI is InChI=1S/C17H22N2O7S/c1-24-16(20)11-14(17(21)25-2)18-13-10-12(19-6-8-26-9-7-19)4-5-15(13)27(3,22)23/h4-5,10-11,18H,6-9H2,1-3H3/b14-11+. The predicted octanol–water partition coefficient (Wildman–Crippen LogP) is 0.569. The molecule has 0 bridgehead atoms. The number of hydrogen-bond acceptors (Lipinski definition) is 9. The summed E-state index contributed by atoms with van der Waals surface area (Å²) in [5.74, 6) is -1.62. The number of nitrogens with zero attached hydrogens (tertiary/aromatic N) is 1. The van der Waals surface area contributed by atoms with Crippen molar-refractivity contribution >= 4 is 33.2 Å². The van der Waals surface area contributed by atoms with Crippen molar-refractivity contribution in [2.45, 2.75) is 4.90 Å². The summed E-state index contributed by atoms with van der Waals surface area (Å²) in [6.07, 6.45) is 1.96. The number of ether oxygens (including phenoxy) is 3. The van der Waals surface area contributed by atoms with E-state index in [1.165, 1.54) is 6.07 Å². The van der Waals surface area contributed by atoms with Crippen molar-refractivity contribution in [3.05, 3.63) is 30.0 Å². The van der Waals surface area contributed by atoms with Crippen molar-refractivity contribution < 1.29 is 32.2 Å². The fraction of sp³-hybridized carbons (Fsp3) is 0.412. The van der Waals surface area contributed by atoms with E-state index in [0.29, 0.717) is 26.3 Å². The first kappa shape index (κ1) is 20.7. The van der Waals surface area contributed by atoms with Gasteiger partial charge in [0.05, 0.1) is 44.1 Å². The number of nitrogens with one attached hydrogen (secondary N) is 1. The Morgan fingerprint density at radius 2 is 1.85 bits per heavy atom. The smallest absolute Gasteiger partial charge is 0.354 e. The van der Waals surface area contributed by atoms with Gasteiger partial charge in [-0.05, 0) is 18.2 Å². The molecule has 1 saturated heterocycles. The monoisotopic (exact) mass is 398 g/mol. The number of sulfone groups is 1. The zero-order chi connectivity index (χ0) is 20.0. The van der Waals surface area contributed by atoms with Gasteiger partial charge in [0, 0.05) is 25.0 Å². The first-order chi connectivity index (χ1) is 12.8. The molecule has 1 aliphatic rings. The number of carbonyl (C=O) groups is 2. The Morgan fingerprint density at radius 3 is 2.41 bits per heavy atom. The van der Waals surface area contributed by atoms with E-state index in [9.17, 15) is 18.0 Å². The molecule has 0 atom stereocenters. The van der Waals surface area contributed by atoms with E-state index in [0.717, 1.165) is 32.2 Å². The molecule has 1 fully saturated rings. The quantitative estimate of drug-likeness (QED) is 0.543. The summed E-state index contributed by atoms with van der Waals surface area (Å²) in [6.45, 7) is 2.43. The van der Waals surface area contributed by atoms with Crippen LogP contribution in [0.1, 0.15) is 0 Å². The van der Waals surface area contributed by atoms with Crippen LogP contribution in [0.25, 0.3) is 0 Å². The molecule has 0 aliphatic carbocycles. The molecule has 9 nitrogen and oxygen atoms in total. The highest BCUT2D eigenvalue weighted by molar-refractivity contribution is 7.90. The summed E-state index contributed by atoms with van der Waals surface area (Å²) in [5.41, 5.74) is 0.672. The van der Waals surface area contributed by atoms with E-state index in [2.05, 4.69) is 14.8 Å². The first-order valence-electron chi connectivity index (χ1n) is 8.08. The molecular formula is C17H22N2O7S. The molecule has 10 heteroatoms. The lowest BCUT2D eigenvalue weighted by atomic mass is 10.2. The van der Waals surface area contributed by atoms with Crippen LogP contribution in [0.4, 0.5) is 11.4 Å². The van der Waals surface area contributed by atoms with E-state index >= 15 is 0 Å². The largest absolute Gasteiger partial charge is 0.466 e. The Bertz CT molecular complexity index is 843. The van der Waals surface area contributed by atoms with Crippen molar-refractivity contribution in [3.8, 4) is 0 Å². The fourth-order valence-corrected chi connectivity index (χ4v) is 3.36. The number of anilines is 2. The van der Waals surface area contributed by atoms with Gasteiger partial charge in [0.15, 0.2) is 9.84 Å². The van der Waals surface area contributed by atoms with Gasteiger partial charge in [-0.1, -0.05) is 0 Å². The Kier molecular flexibility index (Phi) is 6.81. The van der Waals surface area contributed by atoms with Gasteiger partial charge in [-0.25, -0.2) is 18.0 Å². The molecule has 1 heterocycles. The zero-order valence-electron chi connectivity index (χ0n) is 15.4. The van der Waals surface area contributed by atoms with Crippen molar-refractivity contribution in [2.75, 3.05) is 57.0 Å². The molecule has 0 radical (unpaired) electrons. The Balaban J connectivity index is 2.48. The highest BCUT2D eigenvalue weighted by Crippen LogP contribution is 2.29. The molecule has 0 amide bonds. The Morgan fingerprint density at radius 1 is 1.19 bits per heavy atom. The Hall–Kier alpha value is -2.59. The van der Waals surface area contributed by atoms with Gasteiger partial charge in [-0.2, -0.15) is 0 Å². The molecule has 148 valence electrons. The minimum atomic E-state index is -3.59. The minimum absolute atomic E-state index is 0.0146. The number of methoxy groups -OCH3 is 2.